The maximum Gasteiger partial charge on any atom is 0.269 e. The van der Waals surface area contributed by atoms with Crippen LogP contribution in [0.5, 0.6) is 11.5 Å². The zero-order valence-corrected chi connectivity index (χ0v) is 19.5. The van der Waals surface area contributed by atoms with Gasteiger partial charge >= 0.3 is 0 Å². The van der Waals surface area contributed by atoms with E-state index in [1.54, 1.807) is 18.2 Å². The topological polar surface area (TPSA) is 106 Å². The number of rotatable bonds is 7. The molecule has 178 valence electrons. The minimum atomic E-state index is -0.456. The molecule has 0 unspecified atom stereocenters. The zero-order valence-electron chi connectivity index (χ0n) is 19.5. The molecule has 4 rings (SSSR count). The van der Waals surface area contributed by atoms with Gasteiger partial charge in [-0.2, -0.15) is 0 Å². The fraction of sp³-hybridized carbons (Fsp3) is 0.320. The fourth-order valence-electron chi connectivity index (χ4n) is 3.97. The molecule has 0 radical (unpaired) electrons. The predicted molar refractivity (Wildman–Crippen MR) is 126 cm³/mol. The Kier molecular flexibility index (Phi) is 7.01. The standard InChI is InChI=1S/C25H28N4O5/c1-16-20(17(2)34-28-16)15-33-22-11-10-19(13-23(22)32-3)25(31)27-26-24(30)14-29-12-6-8-18-7-4-5-9-21(18)29/h4-5,7,9-11,13H,6,8,12,14-15H2,1-3H3,(H,26,30)(H,27,31). The first kappa shape index (κ1) is 23.2. The highest BCUT2D eigenvalue weighted by Crippen LogP contribution is 2.29. The number of para-hydroxylation sites is 1. The molecule has 9 nitrogen and oxygen atoms in total. The number of hydrogen-bond donors (Lipinski definition) is 2. The molecule has 34 heavy (non-hydrogen) atoms. The summed E-state index contributed by atoms with van der Waals surface area (Å²) in [6.45, 7) is 4.89. The van der Waals surface area contributed by atoms with Gasteiger partial charge in [0.05, 0.1) is 24.9 Å². The van der Waals surface area contributed by atoms with Crippen LogP contribution >= 0.6 is 0 Å². The summed E-state index contributed by atoms with van der Waals surface area (Å²) in [6, 6.07) is 12.9. The van der Waals surface area contributed by atoms with E-state index in [9.17, 15) is 9.59 Å². The summed E-state index contributed by atoms with van der Waals surface area (Å²) in [7, 11) is 1.50. The number of fused-ring (bicyclic) bond motifs is 1. The molecule has 2 heterocycles. The van der Waals surface area contributed by atoms with Gasteiger partial charge in [0.1, 0.15) is 12.4 Å². The Labute approximate surface area is 198 Å². The van der Waals surface area contributed by atoms with Crippen LogP contribution in [0.3, 0.4) is 0 Å². The van der Waals surface area contributed by atoms with Gasteiger partial charge in [0.2, 0.25) is 0 Å². The van der Waals surface area contributed by atoms with Gasteiger partial charge in [-0.05, 0) is 56.5 Å². The van der Waals surface area contributed by atoms with E-state index in [-0.39, 0.29) is 19.1 Å². The van der Waals surface area contributed by atoms with Crippen molar-refractivity contribution in [2.24, 2.45) is 0 Å². The molecule has 0 bridgehead atoms. The highest BCUT2D eigenvalue weighted by Gasteiger charge is 2.19. The van der Waals surface area contributed by atoms with Crippen LogP contribution in [-0.4, -0.2) is 37.2 Å². The molecule has 0 saturated carbocycles. The van der Waals surface area contributed by atoms with Gasteiger partial charge in [-0.25, -0.2) is 0 Å². The molecule has 0 spiro atoms. The average molecular weight is 465 g/mol. The van der Waals surface area contributed by atoms with Crippen molar-refractivity contribution < 1.29 is 23.6 Å². The van der Waals surface area contributed by atoms with Crippen LogP contribution in [0, 0.1) is 13.8 Å². The Balaban J connectivity index is 1.33. The number of aromatic nitrogens is 1. The lowest BCUT2D eigenvalue weighted by molar-refractivity contribution is -0.120. The molecule has 9 heteroatoms. The van der Waals surface area contributed by atoms with Crippen LogP contribution in [0.2, 0.25) is 0 Å². The molecule has 3 aromatic rings. The van der Waals surface area contributed by atoms with Gasteiger partial charge in [-0.3, -0.25) is 20.4 Å². The fourth-order valence-corrected chi connectivity index (χ4v) is 3.97. The Morgan fingerprint density at radius 2 is 1.94 bits per heavy atom. The van der Waals surface area contributed by atoms with Gasteiger partial charge in [0.15, 0.2) is 11.5 Å². The zero-order chi connectivity index (χ0) is 24.1. The summed E-state index contributed by atoms with van der Waals surface area (Å²) in [4.78, 5) is 27.1. The van der Waals surface area contributed by atoms with Crippen molar-refractivity contribution in [1.29, 1.82) is 0 Å². The minimum Gasteiger partial charge on any atom is -0.493 e. The summed E-state index contributed by atoms with van der Waals surface area (Å²) in [6.07, 6.45) is 1.99. The lowest BCUT2D eigenvalue weighted by atomic mass is 10.0. The molecule has 0 fully saturated rings. The lowest BCUT2D eigenvalue weighted by Gasteiger charge is -2.30. The predicted octanol–water partition coefficient (Wildman–Crippen LogP) is 3.09. The second kappa shape index (κ2) is 10.3. The third-order valence-electron chi connectivity index (χ3n) is 5.84. The molecule has 2 N–H and O–H groups in total. The van der Waals surface area contributed by atoms with Crippen molar-refractivity contribution in [3.8, 4) is 11.5 Å². The number of methoxy groups -OCH3 is 1. The Bertz CT molecular complexity index is 1170. The molecule has 0 aliphatic carbocycles. The lowest BCUT2D eigenvalue weighted by Crippen LogP contribution is -2.47. The Morgan fingerprint density at radius 1 is 1.12 bits per heavy atom. The maximum absolute atomic E-state index is 12.6. The molecule has 2 aromatic carbocycles. The van der Waals surface area contributed by atoms with Gasteiger partial charge in [-0.15, -0.1) is 0 Å². The van der Waals surface area contributed by atoms with E-state index in [1.165, 1.54) is 12.7 Å². The number of nitrogens with one attached hydrogen (secondary N) is 2. The van der Waals surface area contributed by atoms with E-state index in [0.29, 0.717) is 22.8 Å². The number of benzene rings is 2. The van der Waals surface area contributed by atoms with E-state index in [4.69, 9.17) is 14.0 Å². The summed E-state index contributed by atoms with van der Waals surface area (Å²) in [5.74, 6) is 0.818. The Hall–Kier alpha value is -4.01. The first-order valence-electron chi connectivity index (χ1n) is 11.1. The van der Waals surface area contributed by atoms with Crippen LogP contribution in [-0.2, 0) is 17.8 Å². The van der Waals surface area contributed by atoms with Crippen molar-refractivity contribution in [1.82, 2.24) is 16.0 Å². The second-order valence-corrected chi connectivity index (χ2v) is 8.11. The Morgan fingerprint density at radius 3 is 2.71 bits per heavy atom. The molecule has 2 amide bonds. The van der Waals surface area contributed by atoms with Gasteiger partial charge in [0.25, 0.3) is 11.8 Å². The van der Waals surface area contributed by atoms with Crippen LogP contribution < -0.4 is 25.2 Å². The van der Waals surface area contributed by atoms with E-state index >= 15 is 0 Å². The quantitative estimate of drug-likeness (QED) is 0.518. The largest absolute Gasteiger partial charge is 0.493 e. The number of amides is 2. The van der Waals surface area contributed by atoms with E-state index in [1.807, 2.05) is 36.9 Å². The molecule has 0 atom stereocenters. The van der Waals surface area contributed by atoms with Crippen LogP contribution in [0.25, 0.3) is 0 Å². The second-order valence-electron chi connectivity index (χ2n) is 8.11. The summed E-state index contributed by atoms with van der Waals surface area (Å²) in [5, 5.41) is 3.91. The normalized spacial score (nSPS) is 12.6. The van der Waals surface area contributed by atoms with Crippen molar-refractivity contribution in [2.45, 2.75) is 33.3 Å². The average Bonchev–Trinajstić information content (AvgIpc) is 3.18. The molecule has 1 aliphatic rings. The summed E-state index contributed by atoms with van der Waals surface area (Å²) in [5.41, 5.74) is 9.21. The van der Waals surface area contributed by atoms with Crippen molar-refractivity contribution >= 4 is 17.5 Å². The van der Waals surface area contributed by atoms with Crippen LogP contribution in [0.15, 0.2) is 47.0 Å². The molecule has 1 aromatic heterocycles. The molecule has 0 saturated heterocycles. The highest BCUT2D eigenvalue weighted by molar-refractivity contribution is 5.96. The number of aryl methyl sites for hydroxylation is 3. The number of carbonyl (C=O) groups excluding carboxylic acids is 2. The number of ether oxygens (including phenoxy) is 2. The van der Waals surface area contributed by atoms with Gasteiger partial charge in [-0.1, -0.05) is 23.4 Å². The molecular formula is C25H28N4O5. The van der Waals surface area contributed by atoms with Crippen molar-refractivity contribution in [2.75, 3.05) is 25.1 Å². The molecular weight excluding hydrogens is 436 g/mol. The number of hydrogen-bond acceptors (Lipinski definition) is 7. The third kappa shape index (κ3) is 5.14. The van der Waals surface area contributed by atoms with E-state index < -0.39 is 5.91 Å². The van der Waals surface area contributed by atoms with E-state index in [0.717, 1.165) is 36.3 Å². The minimum absolute atomic E-state index is 0.162. The van der Waals surface area contributed by atoms with Gasteiger partial charge in [0, 0.05) is 17.8 Å². The highest BCUT2D eigenvalue weighted by atomic mass is 16.5. The monoisotopic (exact) mass is 464 g/mol. The maximum atomic E-state index is 12.6. The van der Waals surface area contributed by atoms with E-state index in [2.05, 4.69) is 22.1 Å². The van der Waals surface area contributed by atoms with Gasteiger partial charge < -0.3 is 18.9 Å². The molecule has 1 aliphatic heterocycles. The SMILES string of the molecule is COc1cc(C(=O)NNC(=O)CN2CCCc3ccccc32)ccc1OCc1c(C)noc1C. The number of carbonyl (C=O) groups is 2. The van der Waals surface area contributed by atoms with Crippen LogP contribution in [0.1, 0.15) is 39.4 Å². The summed E-state index contributed by atoms with van der Waals surface area (Å²) >= 11 is 0. The van der Waals surface area contributed by atoms with Crippen molar-refractivity contribution in [3.05, 3.63) is 70.6 Å². The number of nitrogens with zero attached hydrogens (tertiary/aromatic N) is 2. The first-order chi connectivity index (χ1) is 16.5. The summed E-state index contributed by atoms with van der Waals surface area (Å²) < 4.78 is 16.4. The third-order valence-corrected chi connectivity index (χ3v) is 5.84. The number of anilines is 1. The smallest absolute Gasteiger partial charge is 0.269 e. The van der Waals surface area contributed by atoms with Crippen LogP contribution in [0.4, 0.5) is 5.69 Å². The van der Waals surface area contributed by atoms with Crippen molar-refractivity contribution in [3.63, 3.8) is 0 Å². The number of hydrazine groups is 1. The first-order valence-corrected chi connectivity index (χ1v) is 11.1.